The van der Waals surface area contributed by atoms with Crippen LogP contribution in [0.25, 0.3) is 0 Å². The second-order valence-corrected chi connectivity index (χ2v) is 5.46. The lowest BCUT2D eigenvalue weighted by Gasteiger charge is -2.09. The van der Waals surface area contributed by atoms with Crippen molar-refractivity contribution in [3.05, 3.63) is 42.1 Å². The van der Waals surface area contributed by atoms with E-state index in [1.54, 1.807) is 6.20 Å². The lowest BCUT2D eigenvalue weighted by Crippen LogP contribution is -2.13. The van der Waals surface area contributed by atoms with Crippen molar-refractivity contribution < 1.29 is 0 Å². The number of benzene rings is 1. The first kappa shape index (κ1) is 15.2. The van der Waals surface area contributed by atoms with Gasteiger partial charge in [-0.3, -0.25) is 0 Å². The summed E-state index contributed by atoms with van der Waals surface area (Å²) in [5, 5.41) is 14.4. The van der Waals surface area contributed by atoms with Crippen LogP contribution in [0.5, 0.6) is 0 Å². The Kier molecular flexibility index (Phi) is 5.94. The molecule has 0 fully saturated rings. The van der Waals surface area contributed by atoms with E-state index in [1.165, 1.54) is 5.56 Å². The van der Waals surface area contributed by atoms with Crippen molar-refractivity contribution in [2.75, 3.05) is 23.7 Å². The third-order valence-electron chi connectivity index (χ3n) is 3.02. The molecular formula is C16H23N5. The van der Waals surface area contributed by atoms with E-state index in [1.807, 2.05) is 6.07 Å². The number of nitrogens with zero attached hydrogens (tertiary/aromatic N) is 3. The second kappa shape index (κ2) is 8.19. The molecule has 21 heavy (non-hydrogen) atoms. The van der Waals surface area contributed by atoms with E-state index in [4.69, 9.17) is 0 Å². The predicted molar refractivity (Wildman–Crippen MR) is 86.4 cm³/mol. The van der Waals surface area contributed by atoms with Gasteiger partial charge in [0.05, 0.1) is 6.20 Å². The molecule has 0 bridgehead atoms. The molecule has 0 saturated carbocycles. The molecule has 0 aliphatic heterocycles. The minimum Gasteiger partial charge on any atom is -0.369 e. The monoisotopic (exact) mass is 285 g/mol. The number of rotatable bonds is 8. The van der Waals surface area contributed by atoms with Gasteiger partial charge in [-0.05, 0) is 24.3 Å². The largest absolute Gasteiger partial charge is 0.369 e. The van der Waals surface area contributed by atoms with Crippen molar-refractivity contribution in [3.8, 4) is 0 Å². The Morgan fingerprint density at radius 3 is 2.67 bits per heavy atom. The van der Waals surface area contributed by atoms with Crippen LogP contribution in [0.15, 0.2) is 36.5 Å². The molecule has 1 heterocycles. The highest BCUT2D eigenvalue weighted by atomic mass is 15.3. The highest BCUT2D eigenvalue weighted by molar-refractivity contribution is 5.36. The first-order chi connectivity index (χ1) is 10.2. The van der Waals surface area contributed by atoms with Gasteiger partial charge in [-0.15, -0.1) is 5.10 Å². The highest BCUT2D eigenvalue weighted by Crippen LogP contribution is 2.06. The zero-order valence-electron chi connectivity index (χ0n) is 12.7. The van der Waals surface area contributed by atoms with E-state index in [-0.39, 0.29) is 0 Å². The van der Waals surface area contributed by atoms with Crippen molar-refractivity contribution in [2.45, 2.75) is 26.7 Å². The van der Waals surface area contributed by atoms with Gasteiger partial charge in [-0.2, -0.15) is 10.1 Å². The summed E-state index contributed by atoms with van der Waals surface area (Å²) < 4.78 is 0. The molecule has 1 aromatic carbocycles. The summed E-state index contributed by atoms with van der Waals surface area (Å²) >= 11 is 0. The third kappa shape index (κ3) is 5.77. The van der Waals surface area contributed by atoms with Crippen molar-refractivity contribution in [1.29, 1.82) is 0 Å². The second-order valence-electron chi connectivity index (χ2n) is 5.46. The van der Waals surface area contributed by atoms with E-state index < -0.39 is 0 Å². The Hall–Kier alpha value is -2.17. The summed E-state index contributed by atoms with van der Waals surface area (Å²) in [4.78, 5) is 4.39. The number of aryl methyl sites for hydroxylation is 1. The molecule has 5 nitrogen and oxygen atoms in total. The lowest BCUT2D eigenvalue weighted by atomic mass is 10.1. The highest BCUT2D eigenvalue weighted by Gasteiger charge is 2.01. The smallest absolute Gasteiger partial charge is 0.244 e. The van der Waals surface area contributed by atoms with Gasteiger partial charge in [0.1, 0.15) is 5.82 Å². The minimum absolute atomic E-state index is 0.552. The molecule has 0 amide bonds. The molecule has 0 aliphatic rings. The van der Waals surface area contributed by atoms with Crippen molar-refractivity contribution in [2.24, 2.45) is 5.92 Å². The van der Waals surface area contributed by atoms with Gasteiger partial charge in [0.2, 0.25) is 5.95 Å². The molecule has 0 radical (unpaired) electrons. The summed E-state index contributed by atoms with van der Waals surface area (Å²) in [6.45, 7) is 6.01. The van der Waals surface area contributed by atoms with Crippen molar-refractivity contribution in [3.63, 3.8) is 0 Å². The molecule has 5 heteroatoms. The minimum atomic E-state index is 0.552. The SMILES string of the molecule is CC(C)CNc1nncc(NCCCc2ccccc2)n1. The number of hydrogen-bond acceptors (Lipinski definition) is 5. The quantitative estimate of drug-likeness (QED) is 0.730. The van der Waals surface area contributed by atoms with Gasteiger partial charge in [-0.25, -0.2) is 0 Å². The van der Waals surface area contributed by atoms with Crippen LogP contribution in [0.4, 0.5) is 11.8 Å². The van der Waals surface area contributed by atoms with Crippen LogP contribution in [0.3, 0.4) is 0 Å². The van der Waals surface area contributed by atoms with E-state index in [2.05, 4.69) is 63.9 Å². The maximum Gasteiger partial charge on any atom is 0.244 e. The summed E-state index contributed by atoms with van der Waals surface area (Å²) in [6.07, 6.45) is 3.77. The third-order valence-corrected chi connectivity index (χ3v) is 3.02. The number of anilines is 2. The van der Waals surface area contributed by atoms with E-state index in [0.717, 1.165) is 31.7 Å². The molecule has 0 spiro atoms. The fourth-order valence-electron chi connectivity index (χ4n) is 1.91. The predicted octanol–water partition coefficient (Wildman–Crippen LogP) is 2.98. The Morgan fingerprint density at radius 2 is 1.90 bits per heavy atom. The zero-order valence-corrected chi connectivity index (χ0v) is 12.7. The number of nitrogens with one attached hydrogen (secondary N) is 2. The molecule has 0 aliphatic carbocycles. The fourth-order valence-corrected chi connectivity index (χ4v) is 1.91. The maximum absolute atomic E-state index is 4.39. The molecule has 2 aromatic rings. The Morgan fingerprint density at radius 1 is 1.10 bits per heavy atom. The summed E-state index contributed by atoms with van der Waals surface area (Å²) in [5.41, 5.74) is 1.36. The first-order valence-electron chi connectivity index (χ1n) is 7.45. The average Bonchev–Trinajstić information content (AvgIpc) is 2.51. The van der Waals surface area contributed by atoms with Gasteiger partial charge >= 0.3 is 0 Å². The summed E-state index contributed by atoms with van der Waals surface area (Å²) in [5.74, 6) is 1.90. The maximum atomic E-state index is 4.39. The van der Waals surface area contributed by atoms with Crippen LogP contribution in [0.2, 0.25) is 0 Å². The van der Waals surface area contributed by atoms with Crippen molar-refractivity contribution >= 4 is 11.8 Å². The molecule has 0 saturated heterocycles. The van der Waals surface area contributed by atoms with Crippen LogP contribution in [0, 0.1) is 5.92 Å². The van der Waals surface area contributed by atoms with E-state index >= 15 is 0 Å². The topological polar surface area (TPSA) is 62.7 Å². The molecule has 0 atom stereocenters. The fraction of sp³-hybridized carbons (Fsp3) is 0.438. The molecule has 2 N–H and O–H groups in total. The van der Waals surface area contributed by atoms with Crippen molar-refractivity contribution in [1.82, 2.24) is 15.2 Å². The zero-order chi connectivity index (χ0) is 14.9. The summed E-state index contributed by atoms with van der Waals surface area (Å²) in [7, 11) is 0. The molecule has 1 aromatic heterocycles. The Labute approximate surface area is 126 Å². The Bertz CT molecular complexity index is 527. The molecule has 2 rings (SSSR count). The Balaban J connectivity index is 1.74. The van der Waals surface area contributed by atoms with Crippen LogP contribution >= 0.6 is 0 Å². The number of hydrogen-bond donors (Lipinski definition) is 2. The average molecular weight is 285 g/mol. The number of aromatic nitrogens is 3. The van der Waals surface area contributed by atoms with Gasteiger partial charge in [0, 0.05) is 13.1 Å². The van der Waals surface area contributed by atoms with Crippen LogP contribution in [-0.4, -0.2) is 28.3 Å². The summed E-state index contributed by atoms with van der Waals surface area (Å²) in [6, 6.07) is 10.5. The van der Waals surface area contributed by atoms with Gasteiger partial charge in [0.15, 0.2) is 0 Å². The van der Waals surface area contributed by atoms with Gasteiger partial charge in [0.25, 0.3) is 0 Å². The van der Waals surface area contributed by atoms with Gasteiger partial charge in [-0.1, -0.05) is 44.2 Å². The van der Waals surface area contributed by atoms with E-state index in [9.17, 15) is 0 Å². The standard InChI is InChI=1S/C16H23N5/c1-13(2)11-18-16-20-15(12-19-21-16)17-10-6-9-14-7-4-3-5-8-14/h3-5,7-8,12-13H,6,9-11H2,1-2H3,(H2,17,18,20,21). The van der Waals surface area contributed by atoms with E-state index in [0.29, 0.717) is 11.9 Å². The first-order valence-corrected chi connectivity index (χ1v) is 7.45. The molecule has 0 unspecified atom stereocenters. The molecular weight excluding hydrogens is 262 g/mol. The molecule has 112 valence electrons. The van der Waals surface area contributed by atoms with Gasteiger partial charge < -0.3 is 10.6 Å². The van der Waals surface area contributed by atoms with Crippen LogP contribution < -0.4 is 10.6 Å². The van der Waals surface area contributed by atoms with Crippen LogP contribution in [-0.2, 0) is 6.42 Å². The normalized spacial score (nSPS) is 10.6. The lowest BCUT2D eigenvalue weighted by molar-refractivity contribution is 0.682. The van der Waals surface area contributed by atoms with Crippen LogP contribution in [0.1, 0.15) is 25.8 Å².